The van der Waals surface area contributed by atoms with Gasteiger partial charge in [0, 0.05) is 25.6 Å². The van der Waals surface area contributed by atoms with E-state index in [1.54, 1.807) is 19.2 Å². The van der Waals surface area contributed by atoms with Gasteiger partial charge in [-0.15, -0.1) is 5.10 Å². The predicted molar refractivity (Wildman–Crippen MR) is 136 cm³/mol. The van der Waals surface area contributed by atoms with Gasteiger partial charge in [0.05, 0.1) is 55.8 Å². The highest BCUT2D eigenvalue weighted by atomic mass is 19.1. The molecule has 1 aliphatic heterocycles. The summed E-state index contributed by atoms with van der Waals surface area (Å²) in [5.74, 6) is -0.917. The molecule has 2 aromatic carbocycles. The fourth-order valence-electron chi connectivity index (χ4n) is 4.65. The maximum Gasteiger partial charge on any atom is 0.255 e. The van der Waals surface area contributed by atoms with Crippen LogP contribution >= 0.6 is 0 Å². The molecule has 0 saturated carbocycles. The number of nitrogens with one attached hydrogen (secondary N) is 2. The van der Waals surface area contributed by atoms with Crippen molar-refractivity contribution < 1.29 is 23.4 Å². The third kappa shape index (κ3) is 5.15. The number of aromatic nitrogens is 5. The van der Waals surface area contributed by atoms with Crippen LogP contribution in [0.1, 0.15) is 49.7 Å². The van der Waals surface area contributed by atoms with E-state index in [1.807, 2.05) is 0 Å². The fourth-order valence-corrected chi connectivity index (χ4v) is 4.65. The molecule has 38 heavy (non-hydrogen) atoms. The van der Waals surface area contributed by atoms with E-state index in [2.05, 4.69) is 44.0 Å². The summed E-state index contributed by atoms with van der Waals surface area (Å²) in [5.41, 5.74) is 6.30. The number of methoxy groups -OCH3 is 2. The lowest BCUT2D eigenvalue weighted by atomic mass is 9.97. The predicted octanol–water partition coefficient (Wildman–Crippen LogP) is 3.19. The number of ether oxygens (including phenoxy) is 3. The summed E-state index contributed by atoms with van der Waals surface area (Å²) >= 11 is 0. The smallest absolute Gasteiger partial charge is 0.255 e. The first kappa shape index (κ1) is 25.6. The van der Waals surface area contributed by atoms with Gasteiger partial charge in [0.15, 0.2) is 11.6 Å². The molecular formula is C27H29FN6O4. The quantitative estimate of drug-likeness (QED) is 0.348. The van der Waals surface area contributed by atoms with Crippen molar-refractivity contribution in [3.63, 3.8) is 0 Å². The van der Waals surface area contributed by atoms with Gasteiger partial charge in [-0.3, -0.25) is 9.89 Å². The zero-order valence-electron chi connectivity index (χ0n) is 21.5. The minimum atomic E-state index is -0.584. The van der Waals surface area contributed by atoms with Crippen molar-refractivity contribution in [3.05, 3.63) is 87.2 Å². The second-order valence-corrected chi connectivity index (χ2v) is 9.11. The highest BCUT2D eigenvalue weighted by Gasteiger charge is 2.23. The van der Waals surface area contributed by atoms with Crippen molar-refractivity contribution >= 4 is 5.91 Å². The Hall–Kier alpha value is -4.09. The van der Waals surface area contributed by atoms with Crippen LogP contribution in [-0.4, -0.2) is 51.9 Å². The molecule has 0 unspecified atom stereocenters. The SMILES string of the molecule is COCc1n[nH]c(Cc2ccc3c(c2)COCC3)c1C(=O)NCc1c(-n2cc(C)nn2)ccc(OC)c1F. The maximum absolute atomic E-state index is 15.3. The Morgan fingerprint density at radius 2 is 2.11 bits per heavy atom. The summed E-state index contributed by atoms with van der Waals surface area (Å²) in [4.78, 5) is 13.5. The van der Waals surface area contributed by atoms with E-state index in [0.717, 1.165) is 24.2 Å². The number of aromatic amines is 1. The molecule has 198 valence electrons. The van der Waals surface area contributed by atoms with Crippen LogP contribution in [0, 0.1) is 12.7 Å². The number of amides is 1. The molecule has 2 N–H and O–H groups in total. The number of rotatable bonds is 9. The number of H-pyrrole nitrogens is 1. The molecule has 1 aliphatic rings. The normalized spacial score (nSPS) is 12.8. The van der Waals surface area contributed by atoms with Gasteiger partial charge in [-0.25, -0.2) is 9.07 Å². The van der Waals surface area contributed by atoms with Crippen LogP contribution in [0.15, 0.2) is 36.5 Å². The molecule has 4 aromatic rings. The van der Waals surface area contributed by atoms with Crippen LogP contribution in [-0.2, 0) is 42.1 Å². The lowest BCUT2D eigenvalue weighted by Crippen LogP contribution is -2.26. The summed E-state index contributed by atoms with van der Waals surface area (Å²) in [7, 11) is 2.93. The molecule has 2 aromatic heterocycles. The standard InChI is InChI=1S/C27H29FN6O4/c1-16-13-34(33-30-16)23-6-7-24(37-3)26(28)20(23)12-29-27(35)25-21(31-32-22(25)15-36-2)11-17-4-5-18-8-9-38-14-19(18)10-17/h4-7,10,13H,8-9,11-12,14-15H2,1-3H3,(H,29,35)(H,31,32). The lowest BCUT2D eigenvalue weighted by Gasteiger charge is -2.17. The van der Waals surface area contributed by atoms with Crippen LogP contribution in [0.25, 0.3) is 5.69 Å². The first-order valence-electron chi connectivity index (χ1n) is 12.2. The second-order valence-electron chi connectivity index (χ2n) is 9.11. The first-order chi connectivity index (χ1) is 18.5. The Morgan fingerprint density at radius 3 is 2.87 bits per heavy atom. The van der Waals surface area contributed by atoms with Crippen LogP contribution in [0.3, 0.4) is 0 Å². The summed E-state index contributed by atoms with van der Waals surface area (Å²) in [6.07, 6.45) is 3.03. The number of carbonyl (C=O) groups is 1. The highest BCUT2D eigenvalue weighted by Crippen LogP contribution is 2.27. The van der Waals surface area contributed by atoms with Gasteiger partial charge in [0.2, 0.25) is 0 Å². The maximum atomic E-state index is 15.3. The van der Waals surface area contributed by atoms with Gasteiger partial charge < -0.3 is 19.5 Å². The largest absolute Gasteiger partial charge is 0.494 e. The van der Waals surface area contributed by atoms with E-state index < -0.39 is 11.7 Å². The molecule has 3 heterocycles. The van der Waals surface area contributed by atoms with Gasteiger partial charge in [-0.2, -0.15) is 5.10 Å². The Bertz CT molecular complexity index is 1460. The minimum absolute atomic E-state index is 0.0651. The first-order valence-corrected chi connectivity index (χ1v) is 12.2. The minimum Gasteiger partial charge on any atom is -0.494 e. The number of nitrogens with zero attached hydrogens (tertiary/aromatic N) is 4. The number of aryl methyl sites for hydroxylation is 1. The Kier molecular flexibility index (Phi) is 7.47. The summed E-state index contributed by atoms with van der Waals surface area (Å²) in [6, 6.07) is 9.46. The molecule has 0 fully saturated rings. The van der Waals surface area contributed by atoms with Crippen molar-refractivity contribution in [2.75, 3.05) is 20.8 Å². The molecule has 11 heteroatoms. The summed E-state index contributed by atoms with van der Waals surface area (Å²) in [5, 5.41) is 18.2. The van der Waals surface area contributed by atoms with E-state index in [0.29, 0.717) is 41.4 Å². The topological polar surface area (TPSA) is 116 Å². The number of hydrogen-bond acceptors (Lipinski definition) is 7. The molecule has 0 radical (unpaired) electrons. The molecule has 0 saturated heterocycles. The van der Waals surface area contributed by atoms with E-state index in [-0.39, 0.29) is 24.5 Å². The monoisotopic (exact) mass is 520 g/mol. The zero-order chi connectivity index (χ0) is 26.6. The molecular weight excluding hydrogens is 491 g/mol. The fraction of sp³-hybridized carbons (Fsp3) is 0.333. The third-order valence-corrected chi connectivity index (χ3v) is 6.53. The van der Waals surface area contributed by atoms with Crippen molar-refractivity contribution in [1.82, 2.24) is 30.5 Å². The van der Waals surface area contributed by atoms with Gasteiger partial charge in [-0.1, -0.05) is 23.4 Å². The number of hydrogen-bond donors (Lipinski definition) is 2. The molecule has 10 nitrogen and oxygen atoms in total. The molecule has 0 atom stereocenters. The number of carbonyl (C=O) groups excluding carboxylic acids is 1. The van der Waals surface area contributed by atoms with Crippen LogP contribution in [0.2, 0.25) is 0 Å². The van der Waals surface area contributed by atoms with E-state index in [9.17, 15) is 4.79 Å². The molecule has 0 bridgehead atoms. The zero-order valence-corrected chi connectivity index (χ0v) is 21.5. The third-order valence-electron chi connectivity index (χ3n) is 6.53. The van der Waals surface area contributed by atoms with Crippen molar-refractivity contribution in [2.45, 2.75) is 39.5 Å². The Morgan fingerprint density at radius 1 is 1.24 bits per heavy atom. The lowest BCUT2D eigenvalue weighted by molar-refractivity contribution is 0.0944. The Labute approximate surface area is 219 Å². The average molecular weight is 521 g/mol. The van der Waals surface area contributed by atoms with Crippen molar-refractivity contribution in [3.8, 4) is 11.4 Å². The van der Waals surface area contributed by atoms with Gasteiger partial charge in [-0.05, 0) is 42.2 Å². The van der Waals surface area contributed by atoms with Gasteiger partial charge in [0.1, 0.15) is 5.69 Å². The van der Waals surface area contributed by atoms with E-state index in [4.69, 9.17) is 14.2 Å². The average Bonchev–Trinajstić information content (AvgIpc) is 3.53. The van der Waals surface area contributed by atoms with Gasteiger partial charge in [0.25, 0.3) is 5.91 Å². The van der Waals surface area contributed by atoms with Crippen molar-refractivity contribution in [2.24, 2.45) is 0 Å². The van der Waals surface area contributed by atoms with E-state index >= 15 is 4.39 Å². The number of fused-ring (bicyclic) bond motifs is 1. The summed E-state index contributed by atoms with van der Waals surface area (Å²) in [6.45, 7) is 3.13. The van der Waals surface area contributed by atoms with Crippen LogP contribution in [0.4, 0.5) is 4.39 Å². The van der Waals surface area contributed by atoms with E-state index in [1.165, 1.54) is 30.5 Å². The van der Waals surface area contributed by atoms with Gasteiger partial charge >= 0.3 is 0 Å². The van der Waals surface area contributed by atoms with Crippen molar-refractivity contribution in [1.29, 1.82) is 0 Å². The van der Waals surface area contributed by atoms with Crippen LogP contribution in [0.5, 0.6) is 5.75 Å². The van der Waals surface area contributed by atoms with Crippen LogP contribution < -0.4 is 10.1 Å². The molecule has 5 rings (SSSR count). The summed E-state index contributed by atoms with van der Waals surface area (Å²) < 4.78 is 32.8. The Balaban J connectivity index is 1.42. The number of benzene rings is 2. The highest BCUT2D eigenvalue weighted by molar-refractivity contribution is 5.96. The second kappa shape index (κ2) is 11.1. The molecule has 0 aliphatic carbocycles. The molecule has 0 spiro atoms. The molecule has 1 amide bonds. The number of halogens is 1.